The molecular weight excluding hydrogens is 294 g/mol. The predicted molar refractivity (Wildman–Crippen MR) is 91.7 cm³/mol. The Balaban J connectivity index is 2.42. The van der Waals surface area contributed by atoms with Gasteiger partial charge >= 0.3 is 0 Å². The molecular formula is C17H27N3O3. The average molecular weight is 321 g/mol. The number of carbonyl (C=O) groups excluding carboxylic acids is 1. The molecule has 0 saturated carbocycles. The number of hydrogen-bond acceptors (Lipinski definition) is 4. The van der Waals surface area contributed by atoms with Crippen LogP contribution in [0.2, 0.25) is 0 Å². The lowest BCUT2D eigenvalue weighted by Gasteiger charge is -2.22. The first-order valence-electron chi connectivity index (χ1n) is 8.33. The standard InChI is InChI=1S/C17H27N3O3/c1-3-5-12-19(13-6-4-2)14-11-18-17(21)15-7-9-16(10-8-15)20(22)23/h7-10H,3-6,11-14H2,1-2H3,(H,18,21). The van der Waals surface area contributed by atoms with Crippen molar-refractivity contribution in [3.63, 3.8) is 0 Å². The summed E-state index contributed by atoms with van der Waals surface area (Å²) >= 11 is 0. The highest BCUT2D eigenvalue weighted by atomic mass is 16.6. The van der Waals surface area contributed by atoms with E-state index in [2.05, 4.69) is 24.1 Å². The van der Waals surface area contributed by atoms with Crippen molar-refractivity contribution in [2.24, 2.45) is 0 Å². The summed E-state index contributed by atoms with van der Waals surface area (Å²) in [5.41, 5.74) is 0.441. The van der Waals surface area contributed by atoms with Crippen LogP contribution in [0.5, 0.6) is 0 Å². The van der Waals surface area contributed by atoms with Gasteiger partial charge in [0.1, 0.15) is 0 Å². The minimum atomic E-state index is -0.471. The van der Waals surface area contributed by atoms with E-state index in [-0.39, 0.29) is 11.6 Å². The van der Waals surface area contributed by atoms with Gasteiger partial charge in [0.15, 0.2) is 0 Å². The van der Waals surface area contributed by atoms with Gasteiger partial charge < -0.3 is 10.2 Å². The Morgan fingerprint density at radius 3 is 2.13 bits per heavy atom. The molecule has 0 heterocycles. The van der Waals surface area contributed by atoms with E-state index >= 15 is 0 Å². The zero-order valence-corrected chi connectivity index (χ0v) is 14.1. The molecule has 0 aliphatic carbocycles. The number of nitro benzene ring substituents is 1. The molecule has 0 aromatic heterocycles. The lowest BCUT2D eigenvalue weighted by molar-refractivity contribution is -0.384. The molecule has 0 radical (unpaired) electrons. The monoisotopic (exact) mass is 321 g/mol. The van der Waals surface area contributed by atoms with Gasteiger partial charge in [0.2, 0.25) is 0 Å². The molecule has 0 aliphatic heterocycles. The smallest absolute Gasteiger partial charge is 0.269 e. The van der Waals surface area contributed by atoms with E-state index in [4.69, 9.17) is 0 Å². The van der Waals surface area contributed by atoms with Crippen molar-refractivity contribution < 1.29 is 9.72 Å². The minimum absolute atomic E-state index is 0.00754. The lowest BCUT2D eigenvalue weighted by Crippen LogP contribution is -2.36. The summed E-state index contributed by atoms with van der Waals surface area (Å²) < 4.78 is 0. The van der Waals surface area contributed by atoms with E-state index in [0.29, 0.717) is 12.1 Å². The fourth-order valence-corrected chi connectivity index (χ4v) is 2.26. The Morgan fingerprint density at radius 2 is 1.65 bits per heavy atom. The molecule has 1 rings (SSSR count). The third-order valence-electron chi connectivity index (χ3n) is 3.71. The van der Waals surface area contributed by atoms with E-state index in [1.54, 1.807) is 0 Å². The fourth-order valence-electron chi connectivity index (χ4n) is 2.26. The van der Waals surface area contributed by atoms with E-state index in [0.717, 1.165) is 32.5 Å². The second-order valence-corrected chi connectivity index (χ2v) is 5.61. The highest BCUT2D eigenvalue weighted by Gasteiger charge is 2.10. The van der Waals surface area contributed by atoms with Gasteiger partial charge in [-0.15, -0.1) is 0 Å². The predicted octanol–water partition coefficient (Wildman–Crippen LogP) is 3.23. The number of rotatable bonds is 11. The summed E-state index contributed by atoms with van der Waals surface area (Å²) in [5.74, 6) is -0.189. The molecule has 1 N–H and O–H groups in total. The van der Waals surface area contributed by atoms with Crippen LogP contribution < -0.4 is 5.32 Å². The fraction of sp³-hybridized carbons (Fsp3) is 0.588. The van der Waals surface area contributed by atoms with Crippen molar-refractivity contribution in [3.8, 4) is 0 Å². The largest absolute Gasteiger partial charge is 0.351 e. The molecule has 0 spiro atoms. The molecule has 1 aromatic carbocycles. The van der Waals surface area contributed by atoms with Crippen molar-refractivity contribution in [3.05, 3.63) is 39.9 Å². The van der Waals surface area contributed by atoms with Crippen molar-refractivity contribution in [1.29, 1.82) is 0 Å². The molecule has 1 amide bonds. The Bertz CT molecular complexity index is 480. The molecule has 0 aliphatic rings. The van der Waals surface area contributed by atoms with Gasteiger partial charge in [-0.1, -0.05) is 26.7 Å². The Hall–Kier alpha value is -1.95. The van der Waals surface area contributed by atoms with E-state index in [1.807, 2.05) is 0 Å². The van der Waals surface area contributed by atoms with Crippen molar-refractivity contribution in [1.82, 2.24) is 10.2 Å². The SMILES string of the molecule is CCCCN(CCCC)CCNC(=O)c1ccc([N+](=O)[O-])cc1. The zero-order chi connectivity index (χ0) is 17.1. The van der Waals surface area contributed by atoms with Gasteiger partial charge in [0.05, 0.1) is 4.92 Å². The van der Waals surface area contributed by atoms with Gasteiger partial charge in [0, 0.05) is 30.8 Å². The first-order valence-corrected chi connectivity index (χ1v) is 8.33. The highest BCUT2D eigenvalue weighted by molar-refractivity contribution is 5.94. The number of non-ortho nitro benzene ring substituents is 1. The number of amides is 1. The van der Waals surface area contributed by atoms with Crippen LogP contribution in [-0.4, -0.2) is 41.9 Å². The number of nitrogens with zero attached hydrogens (tertiary/aromatic N) is 2. The average Bonchev–Trinajstić information content (AvgIpc) is 2.56. The van der Waals surface area contributed by atoms with Gasteiger partial charge in [-0.05, 0) is 38.1 Å². The number of hydrogen-bond donors (Lipinski definition) is 1. The van der Waals surface area contributed by atoms with Gasteiger partial charge in [0.25, 0.3) is 11.6 Å². The molecule has 0 bridgehead atoms. The van der Waals surface area contributed by atoms with Crippen LogP contribution in [-0.2, 0) is 0 Å². The maximum Gasteiger partial charge on any atom is 0.269 e. The summed E-state index contributed by atoms with van der Waals surface area (Å²) in [6.45, 7) is 7.89. The van der Waals surface area contributed by atoms with E-state index in [9.17, 15) is 14.9 Å². The number of unbranched alkanes of at least 4 members (excludes halogenated alkanes) is 2. The second-order valence-electron chi connectivity index (χ2n) is 5.61. The number of benzene rings is 1. The quantitative estimate of drug-likeness (QED) is 0.501. The third-order valence-corrected chi connectivity index (χ3v) is 3.71. The van der Waals surface area contributed by atoms with Crippen molar-refractivity contribution >= 4 is 11.6 Å². The van der Waals surface area contributed by atoms with Gasteiger partial charge in [-0.2, -0.15) is 0 Å². The van der Waals surface area contributed by atoms with Crippen LogP contribution in [0.25, 0.3) is 0 Å². The summed E-state index contributed by atoms with van der Waals surface area (Å²) in [6, 6.07) is 5.67. The molecule has 1 aromatic rings. The molecule has 0 fully saturated rings. The first-order chi connectivity index (χ1) is 11.1. The third kappa shape index (κ3) is 7.23. The molecule has 23 heavy (non-hydrogen) atoms. The van der Waals surface area contributed by atoms with E-state index in [1.165, 1.54) is 37.1 Å². The van der Waals surface area contributed by atoms with Crippen LogP contribution in [0.3, 0.4) is 0 Å². The number of carbonyl (C=O) groups is 1. The van der Waals surface area contributed by atoms with Crippen LogP contribution in [0.4, 0.5) is 5.69 Å². The number of nitro groups is 1. The Labute approximate surface area is 138 Å². The van der Waals surface area contributed by atoms with Gasteiger partial charge in [-0.25, -0.2) is 0 Å². The Morgan fingerprint density at radius 1 is 1.09 bits per heavy atom. The molecule has 0 atom stereocenters. The van der Waals surface area contributed by atoms with E-state index < -0.39 is 4.92 Å². The van der Waals surface area contributed by atoms with Crippen molar-refractivity contribution in [2.45, 2.75) is 39.5 Å². The first kappa shape index (κ1) is 19.1. The van der Waals surface area contributed by atoms with Gasteiger partial charge in [-0.3, -0.25) is 14.9 Å². The molecule has 0 saturated heterocycles. The zero-order valence-electron chi connectivity index (χ0n) is 14.1. The van der Waals surface area contributed by atoms with Crippen LogP contribution >= 0.6 is 0 Å². The summed E-state index contributed by atoms with van der Waals surface area (Å²) in [6.07, 6.45) is 4.66. The summed E-state index contributed by atoms with van der Waals surface area (Å²) in [5, 5.41) is 13.5. The topological polar surface area (TPSA) is 75.5 Å². The Kier molecular flexibility index (Phi) is 8.90. The summed E-state index contributed by atoms with van der Waals surface area (Å²) in [7, 11) is 0. The maximum absolute atomic E-state index is 12.0. The molecule has 6 heteroatoms. The summed E-state index contributed by atoms with van der Waals surface area (Å²) in [4.78, 5) is 24.5. The molecule has 128 valence electrons. The number of nitrogens with one attached hydrogen (secondary N) is 1. The normalized spacial score (nSPS) is 10.7. The minimum Gasteiger partial charge on any atom is -0.351 e. The van der Waals surface area contributed by atoms with Crippen molar-refractivity contribution in [2.75, 3.05) is 26.2 Å². The van der Waals surface area contributed by atoms with Crippen LogP contribution in [0.15, 0.2) is 24.3 Å². The van der Waals surface area contributed by atoms with Crippen LogP contribution in [0, 0.1) is 10.1 Å². The molecule has 6 nitrogen and oxygen atoms in total. The van der Waals surface area contributed by atoms with Crippen LogP contribution in [0.1, 0.15) is 49.9 Å². The maximum atomic E-state index is 12.0. The lowest BCUT2D eigenvalue weighted by atomic mass is 10.2. The highest BCUT2D eigenvalue weighted by Crippen LogP contribution is 2.11. The second kappa shape index (κ2) is 10.7. The molecule has 0 unspecified atom stereocenters.